The molecule has 0 aliphatic carbocycles. The van der Waals surface area contributed by atoms with Gasteiger partial charge in [-0.3, -0.25) is 0 Å². The molecule has 1 heterocycles. The van der Waals surface area contributed by atoms with Crippen molar-refractivity contribution in [2.75, 3.05) is 6.54 Å². The number of hydrogen-bond donors (Lipinski definition) is 1. The van der Waals surface area contributed by atoms with E-state index in [0.717, 1.165) is 23.0 Å². The zero-order valence-corrected chi connectivity index (χ0v) is 14.2. The predicted molar refractivity (Wildman–Crippen MR) is 90.3 cm³/mol. The minimum Gasteiger partial charge on any atom is -0.309 e. The fraction of sp³-hybridized carbons (Fsp3) is 0.294. The van der Waals surface area contributed by atoms with Gasteiger partial charge in [0.2, 0.25) is 0 Å². The molecule has 0 spiro atoms. The Hall–Kier alpha value is -0.840. The van der Waals surface area contributed by atoms with Gasteiger partial charge >= 0.3 is 0 Å². The highest BCUT2D eigenvalue weighted by Crippen LogP contribution is 2.43. The number of nitrogens with one attached hydrogen (secondary N) is 1. The molecule has 0 fully saturated rings. The lowest BCUT2D eigenvalue weighted by Gasteiger charge is -2.25. The minimum atomic E-state index is -0.138. The van der Waals surface area contributed by atoms with E-state index >= 15 is 0 Å². The smallest absolute Gasteiger partial charge is 0.128 e. The summed E-state index contributed by atoms with van der Waals surface area (Å²) in [6.07, 6.45) is 0.977. The lowest BCUT2D eigenvalue weighted by atomic mass is 9.98. The molecule has 2 unspecified atom stereocenters. The first kappa shape index (κ1) is 15.1. The quantitative estimate of drug-likeness (QED) is 0.821. The van der Waals surface area contributed by atoms with Gasteiger partial charge in [0.05, 0.1) is 0 Å². The molecule has 110 valence electrons. The van der Waals surface area contributed by atoms with E-state index in [2.05, 4.69) is 52.4 Å². The summed E-state index contributed by atoms with van der Waals surface area (Å²) in [5.74, 6) is -0.138. The second-order valence-corrected chi connectivity index (χ2v) is 7.37. The van der Waals surface area contributed by atoms with Crippen LogP contribution in [0.1, 0.15) is 24.1 Å². The van der Waals surface area contributed by atoms with Crippen molar-refractivity contribution in [3.63, 3.8) is 0 Å². The molecule has 2 aromatic rings. The van der Waals surface area contributed by atoms with E-state index in [0.29, 0.717) is 5.25 Å². The normalized spacial score (nSPS) is 18.5. The standard InChI is InChI=1S/C17H17BrFNS/c1-2-20-17(13-10-12(18)7-8-14(13)19)16-9-11-5-3-4-6-15(11)21-16/h3-8,10,16-17,20H,2,9H2,1H3. The molecule has 1 nitrogen and oxygen atoms in total. The van der Waals surface area contributed by atoms with Crippen molar-refractivity contribution in [2.24, 2.45) is 0 Å². The van der Waals surface area contributed by atoms with Crippen LogP contribution in [0.15, 0.2) is 51.8 Å². The Morgan fingerprint density at radius 3 is 2.90 bits per heavy atom. The molecule has 0 saturated carbocycles. The maximum atomic E-state index is 14.3. The van der Waals surface area contributed by atoms with Gasteiger partial charge in [-0.25, -0.2) is 4.39 Å². The molecule has 21 heavy (non-hydrogen) atoms. The van der Waals surface area contributed by atoms with Gasteiger partial charge in [0, 0.05) is 26.2 Å². The summed E-state index contributed by atoms with van der Waals surface area (Å²) in [4.78, 5) is 1.32. The second-order valence-electron chi connectivity index (χ2n) is 5.17. The van der Waals surface area contributed by atoms with Crippen molar-refractivity contribution in [3.8, 4) is 0 Å². The van der Waals surface area contributed by atoms with Gasteiger partial charge in [-0.2, -0.15) is 0 Å². The van der Waals surface area contributed by atoms with E-state index in [1.807, 2.05) is 17.8 Å². The summed E-state index contributed by atoms with van der Waals surface area (Å²) in [5, 5.41) is 3.79. The minimum absolute atomic E-state index is 0.0184. The summed E-state index contributed by atoms with van der Waals surface area (Å²) in [6, 6.07) is 13.7. The van der Waals surface area contributed by atoms with Crippen molar-refractivity contribution >= 4 is 27.7 Å². The van der Waals surface area contributed by atoms with Gasteiger partial charge in [0.1, 0.15) is 5.82 Å². The molecule has 2 aromatic carbocycles. The van der Waals surface area contributed by atoms with Crippen LogP contribution in [0.4, 0.5) is 4.39 Å². The van der Waals surface area contributed by atoms with Crippen molar-refractivity contribution in [3.05, 3.63) is 63.9 Å². The van der Waals surface area contributed by atoms with Crippen LogP contribution in [0.25, 0.3) is 0 Å². The summed E-state index contributed by atoms with van der Waals surface area (Å²) >= 11 is 5.30. The molecule has 1 N–H and O–H groups in total. The predicted octanol–water partition coefficient (Wildman–Crippen LogP) is 4.96. The van der Waals surface area contributed by atoms with Crippen LogP contribution in [0, 0.1) is 5.82 Å². The van der Waals surface area contributed by atoms with E-state index in [4.69, 9.17) is 0 Å². The van der Waals surface area contributed by atoms with Crippen LogP contribution >= 0.6 is 27.7 Å². The topological polar surface area (TPSA) is 12.0 Å². The molecule has 1 aliphatic heterocycles. The third kappa shape index (κ3) is 3.17. The van der Waals surface area contributed by atoms with Crippen molar-refractivity contribution in [1.29, 1.82) is 0 Å². The Labute approximate surface area is 137 Å². The van der Waals surface area contributed by atoms with Gasteiger partial charge in [-0.15, -0.1) is 11.8 Å². The number of rotatable bonds is 4. The van der Waals surface area contributed by atoms with Gasteiger partial charge in [0.25, 0.3) is 0 Å². The molecule has 0 amide bonds. The summed E-state index contributed by atoms with van der Waals surface area (Å²) in [5.41, 5.74) is 2.11. The Morgan fingerprint density at radius 1 is 1.33 bits per heavy atom. The van der Waals surface area contributed by atoms with E-state index in [1.54, 1.807) is 6.07 Å². The molecule has 0 radical (unpaired) electrons. The largest absolute Gasteiger partial charge is 0.309 e. The monoisotopic (exact) mass is 365 g/mol. The highest BCUT2D eigenvalue weighted by Gasteiger charge is 2.31. The second kappa shape index (κ2) is 6.51. The molecule has 3 rings (SSSR count). The number of benzene rings is 2. The molecule has 0 saturated heterocycles. The van der Waals surface area contributed by atoms with Crippen molar-refractivity contribution < 1.29 is 4.39 Å². The number of halogens is 2. The Balaban J connectivity index is 1.91. The number of hydrogen-bond acceptors (Lipinski definition) is 2. The van der Waals surface area contributed by atoms with Crippen LogP contribution in [0.2, 0.25) is 0 Å². The molecular weight excluding hydrogens is 349 g/mol. The highest BCUT2D eigenvalue weighted by molar-refractivity contribution is 9.10. The van der Waals surface area contributed by atoms with Crippen molar-refractivity contribution in [2.45, 2.75) is 29.5 Å². The van der Waals surface area contributed by atoms with Crippen molar-refractivity contribution in [1.82, 2.24) is 5.32 Å². The Bertz CT molecular complexity index is 621. The average molecular weight is 366 g/mol. The Kier molecular flexibility index (Phi) is 4.67. The van der Waals surface area contributed by atoms with Crippen LogP contribution in [0.5, 0.6) is 0 Å². The fourth-order valence-corrected chi connectivity index (χ4v) is 4.62. The zero-order valence-electron chi connectivity index (χ0n) is 11.8. The molecule has 0 aromatic heterocycles. The first-order valence-electron chi connectivity index (χ1n) is 7.12. The third-order valence-corrected chi connectivity index (χ3v) is 5.65. The molecule has 0 bridgehead atoms. The molecule has 1 aliphatic rings. The fourth-order valence-electron chi connectivity index (χ4n) is 2.81. The SMILES string of the molecule is CCNC(c1cc(Br)ccc1F)C1Cc2ccccc2S1. The van der Waals surface area contributed by atoms with Gasteiger partial charge in [-0.05, 0) is 42.8 Å². The highest BCUT2D eigenvalue weighted by atomic mass is 79.9. The summed E-state index contributed by atoms with van der Waals surface area (Å²) in [6.45, 7) is 2.89. The van der Waals surface area contributed by atoms with Crippen LogP contribution in [0.3, 0.4) is 0 Å². The van der Waals surface area contributed by atoms with Crippen LogP contribution in [-0.2, 0) is 6.42 Å². The van der Waals surface area contributed by atoms with E-state index in [9.17, 15) is 4.39 Å². The summed E-state index contributed by atoms with van der Waals surface area (Å²) in [7, 11) is 0. The average Bonchev–Trinajstić information content (AvgIpc) is 2.91. The third-order valence-electron chi connectivity index (χ3n) is 3.76. The maximum Gasteiger partial charge on any atom is 0.128 e. The summed E-state index contributed by atoms with van der Waals surface area (Å²) < 4.78 is 15.2. The number of thioether (sulfide) groups is 1. The molecular formula is C17H17BrFNS. The molecule has 2 atom stereocenters. The van der Waals surface area contributed by atoms with Crippen LogP contribution < -0.4 is 5.32 Å². The van der Waals surface area contributed by atoms with Gasteiger partial charge in [0.15, 0.2) is 0 Å². The van der Waals surface area contributed by atoms with E-state index in [1.165, 1.54) is 16.5 Å². The number of fused-ring (bicyclic) bond motifs is 1. The maximum absolute atomic E-state index is 14.3. The van der Waals surface area contributed by atoms with E-state index in [-0.39, 0.29) is 11.9 Å². The van der Waals surface area contributed by atoms with Gasteiger partial charge in [-0.1, -0.05) is 41.1 Å². The first-order chi connectivity index (χ1) is 10.2. The molecule has 4 heteroatoms. The lowest BCUT2D eigenvalue weighted by molar-refractivity contribution is 0.497. The van der Waals surface area contributed by atoms with Gasteiger partial charge < -0.3 is 5.32 Å². The van der Waals surface area contributed by atoms with E-state index < -0.39 is 0 Å². The zero-order chi connectivity index (χ0) is 14.8. The first-order valence-corrected chi connectivity index (χ1v) is 8.79. The lowest BCUT2D eigenvalue weighted by Crippen LogP contribution is -2.30. The Morgan fingerprint density at radius 2 is 2.14 bits per heavy atom. The van der Waals surface area contributed by atoms with Crippen LogP contribution in [-0.4, -0.2) is 11.8 Å².